The Hall–Kier alpha value is -2.10. The number of amides is 2. The molecule has 0 radical (unpaired) electrons. The average molecular weight is 301 g/mol. The third-order valence-corrected chi connectivity index (χ3v) is 3.95. The largest absolute Gasteiger partial charge is 0.447 e. The van der Waals surface area contributed by atoms with E-state index < -0.39 is 6.09 Å². The van der Waals surface area contributed by atoms with E-state index in [-0.39, 0.29) is 24.5 Å². The maximum Gasteiger partial charge on any atom is 0.416 e. The number of rotatable bonds is 7. The molecular weight excluding hydrogens is 278 g/mol. The highest BCUT2D eigenvalue weighted by Crippen LogP contribution is 2.23. The van der Waals surface area contributed by atoms with Crippen LogP contribution in [-0.2, 0) is 16.0 Å². The van der Waals surface area contributed by atoms with Crippen molar-refractivity contribution in [3.8, 4) is 0 Å². The molecule has 2 amide bonds. The monoisotopic (exact) mass is 301 g/mol. The topological polar surface area (TPSA) is 46.6 Å². The predicted molar refractivity (Wildman–Crippen MR) is 85.3 cm³/mol. The standard InChI is InChI=1S/C18H23NO3/c1-3-8-15(9-4-2)17(20)19-16(13-22-18(19)21)12-14-10-6-5-7-11-14/h3,5-7,10-11,15-16H,1,4,8-9,12-13H2,2H3. The van der Waals surface area contributed by atoms with Gasteiger partial charge in [-0.15, -0.1) is 6.58 Å². The lowest BCUT2D eigenvalue weighted by Crippen LogP contribution is -2.43. The maximum absolute atomic E-state index is 12.7. The molecule has 4 heteroatoms. The van der Waals surface area contributed by atoms with Crippen LogP contribution in [0.5, 0.6) is 0 Å². The Labute approximate surface area is 131 Å². The van der Waals surface area contributed by atoms with Gasteiger partial charge in [0.2, 0.25) is 5.91 Å². The van der Waals surface area contributed by atoms with Crippen LogP contribution in [0.1, 0.15) is 31.7 Å². The van der Waals surface area contributed by atoms with Crippen molar-refractivity contribution >= 4 is 12.0 Å². The van der Waals surface area contributed by atoms with Crippen LogP contribution in [-0.4, -0.2) is 29.5 Å². The van der Waals surface area contributed by atoms with E-state index in [1.54, 1.807) is 6.08 Å². The smallest absolute Gasteiger partial charge is 0.416 e. The van der Waals surface area contributed by atoms with Gasteiger partial charge in [-0.1, -0.05) is 49.8 Å². The highest BCUT2D eigenvalue weighted by atomic mass is 16.6. The summed E-state index contributed by atoms with van der Waals surface area (Å²) in [4.78, 5) is 26.0. The van der Waals surface area contributed by atoms with Crippen molar-refractivity contribution < 1.29 is 14.3 Å². The second kappa shape index (κ2) is 7.78. The number of allylic oxidation sites excluding steroid dienone is 1. The van der Waals surface area contributed by atoms with E-state index in [4.69, 9.17) is 4.74 Å². The van der Waals surface area contributed by atoms with Crippen LogP contribution in [0.4, 0.5) is 4.79 Å². The van der Waals surface area contributed by atoms with Gasteiger partial charge in [0.15, 0.2) is 0 Å². The van der Waals surface area contributed by atoms with Gasteiger partial charge in [-0.05, 0) is 24.8 Å². The van der Waals surface area contributed by atoms with Crippen LogP contribution in [0.2, 0.25) is 0 Å². The van der Waals surface area contributed by atoms with Gasteiger partial charge in [0.05, 0.1) is 6.04 Å². The Morgan fingerprint density at radius 2 is 2.18 bits per heavy atom. The summed E-state index contributed by atoms with van der Waals surface area (Å²) < 4.78 is 5.12. The van der Waals surface area contributed by atoms with Crippen LogP contribution in [0, 0.1) is 5.92 Å². The molecular formula is C18H23NO3. The highest BCUT2D eigenvalue weighted by molar-refractivity contribution is 5.94. The number of carbonyl (C=O) groups is 2. The number of hydrogen-bond donors (Lipinski definition) is 0. The van der Waals surface area contributed by atoms with Crippen molar-refractivity contribution in [2.75, 3.05) is 6.61 Å². The van der Waals surface area contributed by atoms with Crippen LogP contribution < -0.4 is 0 Å². The van der Waals surface area contributed by atoms with Crippen molar-refractivity contribution in [1.29, 1.82) is 0 Å². The van der Waals surface area contributed by atoms with Crippen LogP contribution >= 0.6 is 0 Å². The van der Waals surface area contributed by atoms with Crippen LogP contribution in [0.3, 0.4) is 0 Å². The first-order chi connectivity index (χ1) is 10.7. The minimum Gasteiger partial charge on any atom is -0.447 e. The lowest BCUT2D eigenvalue weighted by atomic mass is 9.97. The summed E-state index contributed by atoms with van der Waals surface area (Å²) in [5.74, 6) is -0.323. The fourth-order valence-corrected chi connectivity index (χ4v) is 2.86. The predicted octanol–water partition coefficient (Wildman–Crippen LogP) is 3.57. The molecule has 0 saturated carbocycles. The quantitative estimate of drug-likeness (QED) is 0.723. The summed E-state index contributed by atoms with van der Waals surface area (Å²) in [5, 5.41) is 0. The van der Waals surface area contributed by atoms with Gasteiger partial charge in [-0.25, -0.2) is 9.69 Å². The summed E-state index contributed by atoms with van der Waals surface area (Å²) in [5.41, 5.74) is 1.10. The zero-order chi connectivity index (χ0) is 15.9. The molecule has 1 saturated heterocycles. The third-order valence-electron chi connectivity index (χ3n) is 3.95. The van der Waals surface area contributed by atoms with E-state index in [0.717, 1.165) is 18.4 Å². The maximum atomic E-state index is 12.7. The lowest BCUT2D eigenvalue weighted by molar-refractivity contribution is -0.133. The van der Waals surface area contributed by atoms with Crippen molar-refractivity contribution in [3.63, 3.8) is 0 Å². The number of benzene rings is 1. The number of hydrogen-bond acceptors (Lipinski definition) is 3. The zero-order valence-electron chi connectivity index (χ0n) is 13.0. The number of ether oxygens (including phenoxy) is 1. The summed E-state index contributed by atoms with van der Waals surface area (Å²) >= 11 is 0. The van der Waals surface area contributed by atoms with Gasteiger partial charge in [0, 0.05) is 5.92 Å². The first-order valence-electron chi connectivity index (χ1n) is 7.82. The second-order valence-electron chi connectivity index (χ2n) is 5.64. The molecule has 0 aromatic heterocycles. The van der Waals surface area contributed by atoms with Gasteiger partial charge in [0.25, 0.3) is 0 Å². The third kappa shape index (κ3) is 3.75. The Balaban J connectivity index is 2.12. The number of nitrogens with zero attached hydrogens (tertiary/aromatic N) is 1. The van der Waals surface area contributed by atoms with E-state index >= 15 is 0 Å². The Bertz CT molecular complexity index is 526. The molecule has 4 nitrogen and oxygen atoms in total. The summed E-state index contributed by atoms with van der Waals surface area (Å²) in [6, 6.07) is 9.64. The number of cyclic esters (lactones) is 1. The van der Waals surface area contributed by atoms with E-state index in [9.17, 15) is 9.59 Å². The average Bonchev–Trinajstić information content (AvgIpc) is 2.88. The van der Waals surface area contributed by atoms with E-state index in [2.05, 4.69) is 6.58 Å². The molecule has 118 valence electrons. The van der Waals surface area contributed by atoms with Gasteiger partial charge < -0.3 is 4.74 Å². The molecule has 2 atom stereocenters. The van der Waals surface area contributed by atoms with Crippen molar-refractivity contribution in [3.05, 3.63) is 48.6 Å². The Kier molecular flexibility index (Phi) is 5.75. The van der Waals surface area contributed by atoms with Crippen LogP contribution in [0.15, 0.2) is 43.0 Å². The number of carbonyl (C=O) groups excluding carboxylic acids is 2. The molecule has 0 aliphatic carbocycles. The van der Waals surface area contributed by atoms with E-state index in [0.29, 0.717) is 12.8 Å². The Morgan fingerprint density at radius 1 is 1.45 bits per heavy atom. The molecule has 2 rings (SSSR count). The fraction of sp³-hybridized carbons (Fsp3) is 0.444. The first-order valence-corrected chi connectivity index (χ1v) is 7.82. The molecule has 0 bridgehead atoms. The van der Waals surface area contributed by atoms with Gasteiger partial charge >= 0.3 is 6.09 Å². The summed E-state index contributed by atoms with van der Waals surface area (Å²) in [6.07, 6.45) is 4.10. The molecule has 1 aromatic rings. The number of imide groups is 1. The van der Waals surface area contributed by atoms with Gasteiger partial charge in [-0.3, -0.25) is 4.79 Å². The second-order valence-corrected chi connectivity index (χ2v) is 5.64. The summed E-state index contributed by atoms with van der Waals surface area (Å²) in [6.45, 7) is 6.02. The highest BCUT2D eigenvalue weighted by Gasteiger charge is 2.40. The van der Waals surface area contributed by atoms with Gasteiger partial charge in [0.1, 0.15) is 6.61 Å². The molecule has 1 aromatic carbocycles. The molecule has 2 unspecified atom stereocenters. The van der Waals surface area contributed by atoms with Gasteiger partial charge in [-0.2, -0.15) is 0 Å². The SMILES string of the molecule is C=CCC(CCC)C(=O)N1C(=O)OCC1Cc1ccccc1. The molecule has 22 heavy (non-hydrogen) atoms. The fourth-order valence-electron chi connectivity index (χ4n) is 2.86. The molecule has 1 aliphatic rings. The zero-order valence-corrected chi connectivity index (χ0v) is 13.0. The molecule has 1 fully saturated rings. The minimum atomic E-state index is -0.518. The lowest BCUT2D eigenvalue weighted by Gasteiger charge is -2.24. The normalized spacial score (nSPS) is 18.9. The molecule has 1 heterocycles. The first kappa shape index (κ1) is 16.3. The Morgan fingerprint density at radius 3 is 2.82 bits per heavy atom. The molecule has 0 N–H and O–H groups in total. The minimum absolute atomic E-state index is 0.134. The molecule has 1 aliphatic heterocycles. The summed E-state index contributed by atoms with van der Waals surface area (Å²) in [7, 11) is 0. The van der Waals surface area contributed by atoms with E-state index in [1.165, 1.54) is 4.90 Å². The van der Waals surface area contributed by atoms with Crippen molar-refractivity contribution in [1.82, 2.24) is 4.90 Å². The molecule has 0 spiro atoms. The van der Waals surface area contributed by atoms with Crippen LogP contribution in [0.25, 0.3) is 0 Å². The van der Waals surface area contributed by atoms with E-state index in [1.807, 2.05) is 37.3 Å². The van der Waals surface area contributed by atoms with Crippen molar-refractivity contribution in [2.24, 2.45) is 5.92 Å². The van der Waals surface area contributed by atoms with Crippen molar-refractivity contribution in [2.45, 2.75) is 38.6 Å².